The summed E-state index contributed by atoms with van der Waals surface area (Å²) < 4.78 is 18.2. The minimum Gasteiger partial charge on any atom is -0.497 e. The van der Waals surface area contributed by atoms with Gasteiger partial charge in [-0.15, -0.1) is 11.3 Å². The molecule has 51 heavy (non-hydrogen) atoms. The number of hydrogen-bond acceptors (Lipinski definition) is 9. The van der Waals surface area contributed by atoms with Crippen LogP contribution >= 0.6 is 11.3 Å². The Kier molecular flexibility index (Phi) is 10.4. The van der Waals surface area contributed by atoms with Gasteiger partial charge in [0.1, 0.15) is 11.3 Å². The average Bonchev–Trinajstić information content (AvgIpc) is 3.42. The third kappa shape index (κ3) is 7.25. The lowest BCUT2D eigenvalue weighted by Crippen LogP contribution is -2.50. The summed E-state index contributed by atoms with van der Waals surface area (Å²) in [6.45, 7) is 4.72. The molecule has 11 heteroatoms. The highest BCUT2D eigenvalue weighted by molar-refractivity contribution is 7.10. The fourth-order valence-corrected chi connectivity index (χ4v) is 9.79. The predicted molar refractivity (Wildman–Crippen MR) is 196 cm³/mol. The van der Waals surface area contributed by atoms with Gasteiger partial charge in [-0.2, -0.15) is 0 Å². The Morgan fingerprint density at radius 1 is 1.10 bits per heavy atom. The fraction of sp³-hybridized carbons (Fsp3) is 0.625. The molecule has 1 aromatic heterocycles. The molecule has 2 amide bonds. The molecule has 6 unspecified atom stereocenters. The molecule has 0 bridgehead atoms. The molecule has 3 fully saturated rings. The normalized spacial score (nSPS) is 32.1. The van der Waals surface area contributed by atoms with Crippen LogP contribution in [0.3, 0.4) is 0 Å². The molecule has 6 atom stereocenters. The van der Waals surface area contributed by atoms with Gasteiger partial charge >= 0.3 is 5.97 Å². The molecule has 0 saturated heterocycles. The summed E-state index contributed by atoms with van der Waals surface area (Å²) in [5, 5.41) is 6.42. The van der Waals surface area contributed by atoms with Gasteiger partial charge in [-0.3, -0.25) is 14.6 Å². The summed E-state index contributed by atoms with van der Waals surface area (Å²) in [4.78, 5) is 53.5. The number of amides is 2. The van der Waals surface area contributed by atoms with Crippen LogP contribution < -0.4 is 10.1 Å². The molecule has 7 rings (SSSR count). The van der Waals surface area contributed by atoms with Gasteiger partial charge in [0.2, 0.25) is 11.8 Å². The van der Waals surface area contributed by atoms with Gasteiger partial charge in [-0.25, -0.2) is 9.78 Å². The zero-order valence-electron chi connectivity index (χ0n) is 30.4. The van der Waals surface area contributed by atoms with E-state index in [9.17, 15) is 14.4 Å². The number of benzene rings is 1. The van der Waals surface area contributed by atoms with Crippen LogP contribution in [0.25, 0.3) is 0 Å². The lowest BCUT2D eigenvalue weighted by atomic mass is 9.85. The van der Waals surface area contributed by atoms with E-state index >= 15 is 0 Å². The molecule has 0 radical (unpaired) electrons. The van der Waals surface area contributed by atoms with E-state index in [1.165, 1.54) is 37.1 Å². The predicted octanol–water partition coefficient (Wildman–Crippen LogP) is 6.99. The molecule has 274 valence electrons. The Morgan fingerprint density at radius 3 is 2.69 bits per heavy atom. The van der Waals surface area contributed by atoms with Crippen LogP contribution in [0, 0.1) is 17.8 Å². The van der Waals surface area contributed by atoms with Gasteiger partial charge in [0.15, 0.2) is 0 Å². The van der Waals surface area contributed by atoms with Crippen LogP contribution in [0.4, 0.5) is 5.69 Å². The third-order valence-corrected chi connectivity index (χ3v) is 12.8. The van der Waals surface area contributed by atoms with Gasteiger partial charge in [-0.1, -0.05) is 37.5 Å². The Morgan fingerprint density at radius 2 is 1.90 bits per heavy atom. The molecule has 3 heterocycles. The van der Waals surface area contributed by atoms with Crippen molar-refractivity contribution in [1.82, 2.24) is 15.2 Å². The van der Waals surface area contributed by atoms with Crippen LogP contribution in [0.5, 0.6) is 5.75 Å². The molecule has 3 aliphatic carbocycles. The molecule has 10 nitrogen and oxygen atoms in total. The standard InChI is InChI=1S/C40H52N4O6S/c1-5-49-38(47)40-22-26(40)15-11-6-7-12-18-44(3)37(46)30-20-28(19-29(30)35(45)43-40)50-39(2)23-33(41-32-21-27(48-4)16-17-31(32)39)34-24-51-36(42-34)25-13-9-8-10-14-25/h11,15-17,21,24-26,28-30H,5-10,12-14,18-20,22-23H2,1-4H3,(H,43,45)/b15-11-. The van der Waals surface area contributed by atoms with E-state index in [0.29, 0.717) is 43.9 Å². The summed E-state index contributed by atoms with van der Waals surface area (Å²) in [5.41, 5.74) is 1.59. The fourth-order valence-electron chi connectivity index (χ4n) is 8.79. The number of nitrogens with one attached hydrogen (secondary N) is 1. The Hall–Kier alpha value is -3.57. The number of hydrogen-bond donors (Lipinski definition) is 1. The second-order valence-corrected chi connectivity index (χ2v) is 16.2. The largest absolute Gasteiger partial charge is 0.497 e. The van der Waals surface area contributed by atoms with E-state index in [1.807, 2.05) is 31.3 Å². The van der Waals surface area contributed by atoms with Gasteiger partial charge < -0.3 is 24.4 Å². The quantitative estimate of drug-likeness (QED) is 0.243. The SMILES string of the molecule is CCOC(=O)C12CC1/C=C\CCCCN(C)C(=O)C1CC(OC3(C)CC(c4csc(C5CCCCC5)n4)=Nc4cc(OC)ccc43)CC1C(=O)N2. The second kappa shape index (κ2) is 14.8. The first kappa shape index (κ1) is 35.8. The number of rotatable bonds is 7. The molecule has 1 N–H and O–H groups in total. The number of ether oxygens (including phenoxy) is 3. The number of aliphatic imine (C=N–C) groups is 1. The summed E-state index contributed by atoms with van der Waals surface area (Å²) >= 11 is 1.73. The van der Waals surface area contributed by atoms with Crippen molar-refractivity contribution in [2.24, 2.45) is 22.7 Å². The van der Waals surface area contributed by atoms with Crippen LogP contribution in [-0.4, -0.2) is 72.3 Å². The first-order chi connectivity index (χ1) is 24.6. The van der Waals surface area contributed by atoms with Crippen molar-refractivity contribution in [3.8, 4) is 5.75 Å². The number of nitrogens with zero attached hydrogens (tertiary/aromatic N) is 3. The third-order valence-electron chi connectivity index (χ3n) is 11.8. The number of fused-ring (bicyclic) bond motifs is 3. The number of methoxy groups -OCH3 is 1. The smallest absolute Gasteiger partial charge is 0.332 e. The van der Waals surface area contributed by atoms with Crippen LogP contribution in [-0.2, 0) is 29.5 Å². The summed E-state index contributed by atoms with van der Waals surface area (Å²) in [6.07, 6.45) is 14.4. The molecular weight excluding hydrogens is 665 g/mol. The van der Waals surface area contributed by atoms with Crippen molar-refractivity contribution < 1.29 is 28.6 Å². The molecule has 0 spiro atoms. The Bertz CT molecular complexity index is 1700. The molecular formula is C40H52N4O6S. The maximum absolute atomic E-state index is 14.2. The maximum Gasteiger partial charge on any atom is 0.332 e. The zero-order valence-corrected chi connectivity index (χ0v) is 31.3. The molecule has 2 aliphatic heterocycles. The topological polar surface area (TPSA) is 119 Å². The summed E-state index contributed by atoms with van der Waals surface area (Å²) in [6, 6.07) is 5.89. The van der Waals surface area contributed by atoms with Crippen LogP contribution in [0.2, 0.25) is 0 Å². The number of aromatic nitrogens is 1. The minimum atomic E-state index is -1.09. The average molecular weight is 717 g/mol. The van der Waals surface area contributed by atoms with E-state index in [0.717, 1.165) is 41.9 Å². The first-order valence-electron chi connectivity index (χ1n) is 18.9. The van der Waals surface area contributed by atoms with Crippen molar-refractivity contribution in [3.63, 3.8) is 0 Å². The second-order valence-electron chi connectivity index (χ2n) is 15.4. The number of allylic oxidation sites excluding steroid dienone is 1. The highest BCUT2D eigenvalue weighted by atomic mass is 32.1. The van der Waals surface area contributed by atoms with Crippen LogP contribution in [0.15, 0.2) is 40.7 Å². The molecule has 3 saturated carbocycles. The number of carbonyl (C=O) groups is 3. The van der Waals surface area contributed by atoms with E-state index in [2.05, 4.69) is 23.7 Å². The first-order valence-corrected chi connectivity index (χ1v) is 19.8. The molecule has 2 aromatic rings. The summed E-state index contributed by atoms with van der Waals surface area (Å²) in [7, 11) is 3.48. The van der Waals surface area contributed by atoms with Gasteiger partial charge in [-0.05, 0) is 71.3 Å². The molecule has 1 aromatic carbocycles. The van der Waals surface area contributed by atoms with E-state index in [4.69, 9.17) is 24.2 Å². The minimum absolute atomic E-state index is 0.0507. The van der Waals surface area contributed by atoms with E-state index in [1.54, 1.807) is 30.3 Å². The van der Waals surface area contributed by atoms with Gasteiger partial charge in [0.05, 0.1) is 59.4 Å². The Balaban J connectivity index is 1.17. The number of carbonyl (C=O) groups excluding carboxylic acids is 3. The maximum atomic E-state index is 14.2. The lowest BCUT2D eigenvalue weighted by Gasteiger charge is -2.37. The highest BCUT2D eigenvalue weighted by Crippen LogP contribution is 2.49. The highest BCUT2D eigenvalue weighted by Gasteiger charge is 2.62. The van der Waals surface area contributed by atoms with Crippen molar-refractivity contribution in [1.29, 1.82) is 0 Å². The van der Waals surface area contributed by atoms with Crippen molar-refractivity contribution in [2.45, 2.75) is 114 Å². The zero-order chi connectivity index (χ0) is 35.8. The van der Waals surface area contributed by atoms with E-state index < -0.39 is 28.9 Å². The van der Waals surface area contributed by atoms with Gasteiger partial charge in [0, 0.05) is 48.9 Å². The summed E-state index contributed by atoms with van der Waals surface area (Å²) in [5.74, 6) is -0.856. The van der Waals surface area contributed by atoms with E-state index in [-0.39, 0.29) is 30.4 Å². The monoisotopic (exact) mass is 716 g/mol. The Labute approximate surface area is 305 Å². The molecule has 5 aliphatic rings. The van der Waals surface area contributed by atoms with Crippen molar-refractivity contribution >= 4 is 40.5 Å². The van der Waals surface area contributed by atoms with Crippen molar-refractivity contribution in [3.05, 3.63) is 52.0 Å². The number of thiazole rings is 1. The van der Waals surface area contributed by atoms with Gasteiger partial charge in [0.25, 0.3) is 0 Å². The van der Waals surface area contributed by atoms with Crippen molar-refractivity contribution in [2.75, 3.05) is 27.3 Å². The lowest BCUT2D eigenvalue weighted by molar-refractivity contribution is -0.150. The number of esters is 1. The van der Waals surface area contributed by atoms with Crippen LogP contribution in [0.1, 0.15) is 113 Å².